The Morgan fingerprint density at radius 1 is 1.33 bits per heavy atom. The summed E-state index contributed by atoms with van der Waals surface area (Å²) in [6, 6.07) is 9.14. The molecular weight excluding hydrogens is 195 g/mol. The van der Waals surface area contributed by atoms with Crippen molar-refractivity contribution in [3.05, 3.63) is 35.9 Å². The summed E-state index contributed by atoms with van der Waals surface area (Å²) >= 11 is 0. The van der Waals surface area contributed by atoms with Crippen molar-refractivity contribution >= 4 is 5.82 Å². The number of halogens is 1. The van der Waals surface area contributed by atoms with Crippen LogP contribution in [0.2, 0.25) is 0 Å². The molecule has 3 nitrogen and oxygen atoms in total. The number of anilines is 1. The molecule has 2 rings (SSSR count). The van der Waals surface area contributed by atoms with E-state index in [1.165, 1.54) is 0 Å². The van der Waals surface area contributed by atoms with Gasteiger partial charge in [-0.1, -0.05) is 23.4 Å². The van der Waals surface area contributed by atoms with Gasteiger partial charge in [-0.2, -0.15) is 0 Å². The lowest BCUT2D eigenvalue weighted by Gasteiger charge is -1.99. The molecule has 0 spiro atoms. The van der Waals surface area contributed by atoms with E-state index in [0.29, 0.717) is 18.0 Å². The third kappa shape index (κ3) is 2.15. The number of nitrogen functional groups attached to an aromatic ring is 1. The van der Waals surface area contributed by atoms with Crippen LogP contribution in [-0.4, -0.2) is 11.8 Å². The molecule has 0 fully saturated rings. The maximum atomic E-state index is 12.2. The summed E-state index contributed by atoms with van der Waals surface area (Å²) < 4.78 is 17.2. The highest BCUT2D eigenvalue weighted by molar-refractivity contribution is 5.60. The summed E-state index contributed by atoms with van der Waals surface area (Å²) in [6.45, 7) is -0.359. The first-order valence-corrected chi connectivity index (χ1v) is 4.67. The summed E-state index contributed by atoms with van der Waals surface area (Å²) in [5.74, 6) is 0.953. The van der Waals surface area contributed by atoms with Crippen molar-refractivity contribution < 1.29 is 8.91 Å². The third-order valence-corrected chi connectivity index (χ3v) is 2.12. The lowest BCUT2D eigenvalue weighted by atomic mass is 10.1. The normalized spacial score (nSPS) is 10.5. The molecule has 0 unspecified atom stereocenters. The fourth-order valence-corrected chi connectivity index (χ4v) is 1.41. The minimum absolute atomic E-state index is 0.348. The van der Waals surface area contributed by atoms with Crippen molar-refractivity contribution in [2.45, 2.75) is 6.42 Å². The van der Waals surface area contributed by atoms with E-state index in [9.17, 15) is 4.39 Å². The van der Waals surface area contributed by atoms with Crippen molar-refractivity contribution in [2.75, 3.05) is 12.4 Å². The van der Waals surface area contributed by atoms with Crippen LogP contribution in [0.15, 0.2) is 34.9 Å². The number of hydrogen-bond donors (Lipinski definition) is 1. The van der Waals surface area contributed by atoms with Gasteiger partial charge in [0.2, 0.25) is 0 Å². The second kappa shape index (κ2) is 4.13. The van der Waals surface area contributed by atoms with Crippen molar-refractivity contribution in [3.63, 3.8) is 0 Å². The average molecular weight is 206 g/mol. The number of nitrogens with two attached hydrogens (primary N) is 1. The van der Waals surface area contributed by atoms with Gasteiger partial charge in [0.05, 0.1) is 6.67 Å². The van der Waals surface area contributed by atoms with Gasteiger partial charge < -0.3 is 10.3 Å². The number of hydrogen-bond acceptors (Lipinski definition) is 3. The molecule has 15 heavy (non-hydrogen) atoms. The highest BCUT2D eigenvalue weighted by Crippen LogP contribution is 2.22. The Balaban J connectivity index is 2.32. The summed E-state index contributed by atoms with van der Waals surface area (Å²) in [6.07, 6.45) is 0.414. The average Bonchev–Trinajstić information content (AvgIpc) is 2.66. The summed E-state index contributed by atoms with van der Waals surface area (Å²) in [5.41, 5.74) is 7.25. The topological polar surface area (TPSA) is 52.0 Å². The van der Waals surface area contributed by atoms with Crippen LogP contribution in [0.25, 0.3) is 11.3 Å². The third-order valence-electron chi connectivity index (χ3n) is 2.12. The van der Waals surface area contributed by atoms with E-state index >= 15 is 0 Å². The molecule has 0 radical (unpaired) electrons. The van der Waals surface area contributed by atoms with Gasteiger partial charge >= 0.3 is 0 Å². The van der Waals surface area contributed by atoms with Gasteiger partial charge in [-0.25, -0.2) is 0 Å². The second-order valence-corrected chi connectivity index (χ2v) is 3.26. The number of nitrogens with zero attached hydrogens (tertiary/aromatic N) is 1. The molecule has 0 amide bonds. The maximum absolute atomic E-state index is 12.2. The summed E-state index contributed by atoms with van der Waals surface area (Å²) in [4.78, 5) is 0. The van der Waals surface area contributed by atoms with E-state index in [1.807, 2.05) is 24.3 Å². The maximum Gasteiger partial charge on any atom is 0.169 e. The van der Waals surface area contributed by atoms with Gasteiger partial charge in [0.1, 0.15) is 0 Å². The van der Waals surface area contributed by atoms with Gasteiger partial charge in [-0.3, -0.25) is 4.39 Å². The van der Waals surface area contributed by atoms with Crippen LogP contribution in [0.4, 0.5) is 10.2 Å². The van der Waals surface area contributed by atoms with Gasteiger partial charge in [-0.15, -0.1) is 0 Å². The van der Waals surface area contributed by atoms with Crippen LogP contribution in [0.5, 0.6) is 0 Å². The smallest absolute Gasteiger partial charge is 0.169 e. The van der Waals surface area contributed by atoms with Gasteiger partial charge in [0.15, 0.2) is 11.6 Å². The van der Waals surface area contributed by atoms with Crippen LogP contribution >= 0.6 is 0 Å². The molecular formula is C11H11FN2O. The van der Waals surface area contributed by atoms with E-state index in [2.05, 4.69) is 5.16 Å². The van der Waals surface area contributed by atoms with E-state index in [0.717, 1.165) is 11.1 Å². The number of benzene rings is 1. The van der Waals surface area contributed by atoms with Crippen LogP contribution < -0.4 is 5.73 Å². The Hall–Kier alpha value is -1.84. The molecule has 2 N–H and O–H groups in total. The summed E-state index contributed by atoms with van der Waals surface area (Å²) in [5, 5.41) is 3.60. The van der Waals surface area contributed by atoms with Crippen molar-refractivity contribution in [2.24, 2.45) is 0 Å². The lowest BCUT2D eigenvalue weighted by molar-refractivity contribution is 0.435. The standard InChI is InChI=1S/C11H11FN2O/c12-5-4-8-2-1-3-9(6-8)10-7-11(13)14-15-10/h1-3,6-7H,4-5H2,(H2,13,14). The first kappa shape index (κ1) is 9.71. The fraction of sp³-hybridized carbons (Fsp3) is 0.182. The Bertz CT molecular complexity index is 453. The first-order chi connectivity index (χ1) is 7.29. The lowest BCUT2D eigenvalue weighted by Crippen LogP contribution is -1.86. The molecule has 0 bridgehead atoms. The van der Waals surface area contributed by atoms with Crippen LogP contribution in [-0.2, 0) is 6.42 Å². The molecule has 1 heterocycles. The summed E-state index contributed by atoms with van der Waals surface area (Å²) in [7, 11) is 0. The molecule has 0 aliphatic rings. The molecule has 2 aromatic rings. The predicted octanol–water partition coefficient (Wildman–Crippen LogP) is 2.44. The Morgan fingerprint density at radius 3 is 2.87 bits per heavy atom. The van der Waals surface area contributed by atoms with Gasteiger partial charge in [-0.05, 0) is 11.6 Å². The molecule has 78 valence electrons. The molecule has 0 aliphatic carbocycles. The Labute approximate surface area is 86.7 Å². The molecule has 1 aromatic heterocycles. The quantitative estimate of drug-likeness (QED) is 0.839. The minimum atomic E-state index is -0.359. The molecule has 4 heteroatoms. The number of alkyl halides is 1. The first-order valence-electron chi connectivity index (χ1n) is 4.67. The zero-order valence-electron chi connectivity index (χ0n) is 8.11. The number of aromatic nitrogens is 1. The van der Waals surface area contributed by atoms with E-state index in [-0.39, 0.29) is 6.67 Å². The number of rotatable bonds is 3. The molecule has 1 aromatic carbocycles. The molecule has 0 saturated heterocycles. The van der Waals surface area contributed by atoms with Crippen LogP contribution in [0.3, 0.4) is 0 Å². The fourth-order valence-electron chi connectivity index (χ4n) is 1.41. The monoisotopic (exact) mass is 206 g/mol. The van der Waals surface area contributed by atoms with Crippen molar-refractivity contribution in [1.29, 1.82) is 0 Å². The highest BCUT2D eigenvalue weighted by atomic mass is 19.1. The van der Waals surface area contributed by atoms with Crippen LogP contribution in [0.1, 0.15) is 5.56 Å². The molecule has 0 aliphatic heterocycles. The predicted molar refractivity (Wildman–Crippen MR) is 56.0 cm³/mol. The van der Waals surface area contributed by atoms with Crippen LogP contribution in [0, 0.1) is 0 Å². The zero-order chi connectivity index (χ0) is 10.7. The van der Waals surface area contributed by atoms with E-state index in [1.54, 1.807) is 6.07 Å². The van der Waals surface area contributed by atoms with Gasteiger partial charge in [0, 0.05) is 18.1 Å². The van der Waals surface area contributed by atoms with E-state index < -0.39 is 0 Å². The Morgan fingerprint density at radius 2 is 2.20 bits per heavy atom. The van der Waals surface area contributed by atoms with Gasteiger partial charge in [0.25, 0.3) is 0 Å². The molecule has 0 atom stereocenters. The zero-order valence-corrected chi connectivity index (χ0v) is 8.11. The number of aryl methyl sites for hydroxylation is 1. The molecule has 0 saturated carbocycles. The SMILES string of the molecule is Nc1cc(-c2cccc(CCF)c2)on1. The Kier molecular flexibility index (Phi) is 2.67. The largest absolute Gasteiger partial charge is 0.381 e. The van der Waals surface area contributed by atoms with E-state index in [4.69, 9.17) is 10.3 Å². The second-order valence-electron chi connectivity index (χ2n) is 3.26. The van der Waals surface area contributed by atoms with Crippen molar-refractivity contribution in [3.8, 4) is 11.3 Å². The highest BCUT2D eigenvalue weighted by Gasteiger charge is 2.04. The minimum Gasteiger partial charge on any atom is -0.381 e. The van der Waals surface area contributed by atoms with Crippen molar-refractivity contribution in [1.82, 2.24) is 5.16 Å².